The average Bonchev–Trinajstić information content (AvgIpc) is 2.59. The van der Waals surface area contributed by atoms with Gasteiger partial charge in [-0.25, -0.2) is 0 Å². The minimum Gasteiger partial charge on any atom is -0.345 e. The molecule has 0 amide bonds. The molecule has 0 fully saturated rings. The van der Waals surface area contributed by atoms with Crippen LogP contribution in [0, 0.1) is 0 Å². The molecule has 0 N–H and O–H groups in total. The van der Waals surface area contributed by atoms with Gasteiger partial charge in [0.1, 0.15) is 0 Å². The highest BCUT2D eigenvalue weighted by Gasteiger charge is 2.26. The summed E-state index contributed by atoms with van der Waals surface area (Å²) >= 11 is 0. The van der Waals surface area contributed by atoms with Gasteiger partial charge >= 0.3 is 0 Å². The number of hydrogen-bond donors (Lipinski definition) is 0. The van der Waals surface area contributed by atoms with Crippen molar-refractivity contribution in [1.82, 2.24) is 0 Å². The Hall–Kier alpha value is -1.90. The minimum atomic E-state index is -3.46. The minimum absolute atomic E-state index is 0.0565. The predicted molar refractivity (Wildman–Crippen MR) is 92.0 cm³/mol. The molecule has 0 bridgehead atoms. The van der Waals surface area contributed by atoms with E-state index in [4.69, 9.17) is 19.2 Å². The van der Waals surface area contributed by atoms with Gasteiger partial charge in [0.25, 0.3) is 10.1 Å². The van der Waals surface area contributed by atoms with Gasteiger partial charge in [-0.2, -0.15) is 8.42 Å². The fourth-order valence-electron chi connectivity index (χ4n) is 2.38. The molecule has 1 aromatic carbocycles. The highest BCUT2D eigenvalue weighted by atomic mass is 32.2. The molecule has 1 aromatic rings. The zero-order valence-electron chi connectivity index (χ0n) is 13.9. The lowest BCUT2D eigenvalue weighted by atomic mass is 10.0. The first-order chi connectivity index (χ1) is 12.0. The second-order valence-electron chi connectivity index (χ2n) is 5.59. The van der Waals surface area contributed by atoms with Crippen LogP contribution in [0.1, 0.15) is 18.4 Å². The molecule has 9 heteroatoms. The summed E-state index contributed by atoms with van der Waals surface area (Å²) in [7, 11) is -3.46. The summed E-state index contributed by atoms with van der Waals surface area (Å²) < 4.78 is 38.2. The molecule has 0 saturated carbocycles. The molecule has 136 valence electrons. The van der Waals surface area contributed by atoms with Crippen LogP contribution in [0.4, 0.5) is 0 Å². The Labute approximate surface area is 147 Å². The number of hydrogen-bond acceptors (Lipinski definition) is 6. The molecule has 8 nitrogen and oxygen atoms in total. The highest BCUT2D eigenvalue weighted by Crippen LogP contribution is 2.22. The molecule has 0 aromatic heterocycles. The Morgan fingerprint density at radius 1 is 1.28 bits per heavy atom. The first-order valence-corrected chi connectivity index (χ1v) is 9.67. The van der Waals surface area contributed by atoms with E-state index in [1.807, 2.05) is 30.3 Å². The lowest BCUT2D eigenvalue weighted by Gasteiger charge is -2.30. The zero-order chi connectivity index (χ0) is 18.1. The van der Waals surface area contributed by atoms with Gasteiger partial charge in [-0.3, -0.25) is 4.18 Å². The van der Waals surface area contributed by atoms with Crippen LogP contribution in [0.2, 0.25) is 0 Å². The molecule has 0 saturated heterocycles. The molecule has 0 unspecified atom stereocenters. The highest BCUT2D eigenvalue weighted by molar-refractivity contribution is 7.85. The fourth-order valence-corrected chi connectivity index (χ4v) is 2.80. The quantitative estimate of drug-likeness (QED) is 0.166. The van der Waals surface area contributed by atoms with E-state index in [9.17, 15) is 8.42 Å². The molecule has 0 spiro atoms. The lowest BCUT2D eigenvalue weighted by molar-refractivity contribution is -0.159. The summed E-state index contributed by atoms with van der Waals surface area (Å²) in [4.78, 5) is 2.82. The van der Waals surface area contributed by atoms with E-state index < -0.39 is 28.6 Å². The van der Waals surface area contributed by atoms with Crippen LogP contribution in [0.25, 0.3) is 10.4 Å². The monoisotopic (exact) mass is 367 g/mol. The van der Waals surface area contributed by atoms with Crippen LogP contribution >= 0.6 is 0 Å². The number of nitrogens with zero attached hydrogens (tertiary/aromatic N) is 3. The third-order valence-corrected chi connectivity index (χ3v) is 4.12. The third kappa shape index (κ3) is 7.25. The first kappa shape index (κ1) is 19.4. The SMILES string of the molecule is CS(=O)(=O)OCCC[C@H]1O[C@H](OCc2ccccc2)C=C[C@@H]1N=[N+]=[N-]. The van der Waals surface area contributed by atoms with Gasteiger partial charge in [0.15, 0.2) is 6.29 Å². The summed E-state index contributed by atoms with van der Waals surface area (Å²) in [6, 6.07) is 9.24. The van der Waals surface area contributed by atoms with E-state index in [0.717, 1.165) is 11.8 Å². The zero-order valence-corrected chi connectivity index (χ0v) is 14.7. The summed E-state index contributed by atoms with van der Waals surface area (Å²) in [6.07, 6.45) is 4.45. The van der Waals surface area contributed by atoms with Gasteiger partial charge in [0.2, 0.25) is 0 Å². The maximum atomic E-state index is 11.0. The first-order valence-electron chi connectivity index (χ1n) is 7.86. The van der Waals surface area contributed by atoms with Crippen molar-refractivity contribution in [2.45, 2.75) is 37.9 Å². The summed E-state index contributed by atoms with van der Waals surface area (Å²) in [5.41, 5.74) is 9.69. The molecule has 1 aliphatic heterocycles. The summed E-state index contributed by atoms with van der Waals surface area (Å²) in [5.74, 6) is 0. The van der Waals surface area contributed by atoms with Crippen LogP contribution in [0.5, 0.6) is 0 Å². The van der Waals surface area contributed by atoms with Crippen molar-refractivity contribution in [3.63, 3.8) is 0 Å². The van der Waals surface area contributed by atoms with E-state index in [1.165, 1.54) is 0 Å². The summed E-state index contributed by atoms with van der Waals surface area (Å²) in [6.45, 7) is 0.451. The van der Waals surface area contributed by atoms with Gasteiger partial charge in [-0.05, 0) is 30.0 Å². The summed E-state index contributed by atoms with van der Waals surface area (Å²) in [5, 5.41) is 3.70. The van der Waals surface area contributed by atoms with Crippen molar-refractivity contribution in [2.24, 2.45) is 5.11 Å². The van der Waals surface area contributed by atoms with E-state index in [2.05, 4.69) is 10.0 Å². The Bertz CT molecular complexity index is 717. The standard InChI is InChI=1S/C16H21N3O5S/c1-25(20,21)23-11-5-8-15-14(18-19-17)9-10-16(24-15)22-12-13-6-3-2-4-7-13/h2-4,6-7,9-10,14-16H,5,8,11-12H2,1H3/t14-,15+,16-/m0/s1. The van der Waals surface area contributed by atoms with Gasteiger partial charge in [0.05, 0.1) is 31.6 Å². The number of rotatable bonds is 9. The molecule has 0 aliphatic carbocycles. The van der Waals surface area contributed by atoms with Crippen LogP contribution in [-0.2, 0) is 30.4 Å². The Morgan fingerprint density at radius 2 is 2.04 bits per heavy atom. The van der Waals surface area contributed by atoms with Crippen LogP contribution < -0.4 is 0 Å². The van der Waals surface area contributed by atoms with Crippen molar-refractivity contribution < 1.29 is 22.1 Å². The maximum Gasteiger partial charge on any atom is 0.264 e. The molecule has 0 radical (unpaired) electrons. The van der Waals surface area contributed by atoms with Crippen molar-refractivity contribution in [1.29, 1.82) is 0 Å². The normalized spacial score (nSPS) is 23.2. The molecular formula is C16H21N3O5S. The lowest BCUT2D eigenvalue weighted by Crippen LogP contribution is -2.35. The van der Waals surface area contributed by atoms with Crippen LogP contribution in [-0.4, -0.2) is 39.7 Å². The second kappa shape index (κ2) is 9.55. The Balaban J connectivity index is 1.87. The number of azide groups is 1. The van der Waals surface area contributed by atoms with Gasteiger partial charge in [-0.1, -0.05) is 41.5 Å². The van der Waals surface area contributed by atoms with E-state index >= 15 is 0 Å². The number of benzene rings is 1. The Kier molecular flexibility index (Phi) is 7.42. The smallest absolute Gasteiger partial charge is 0.264 e. The second-order valence-corrected chi connectivity index (χ2v) is 7.23. The van der Waals surface area contributed by atoms with Crippen molar-refractivity contribution in [3.8, 4) is 0 Å². The van der Waals surface area contributed by atoms with E-state index in [1.54, 1.807) is 12.2 Å². The van der Waals surface area contributed by atoms with Crippen molar-refractivity contribution >= 4 is 10.1 Å². The van der Waals surface area contributed by atoms with E-state index in [-0.39, 0.29) is 6.61 Å². The van der Waals surface area contributed by atoms with Gasteiger partial charge in [-0.15, -0.1) is 0 Å². The fraction of sp³-hybridized carbons (Fsp3) is 0.500. The van der Waals surface area contributed by atoms with Crippen LogP contribution in [0.15, 0.2) is 47.6 Å². The molecule has 1 aliphatic rings. The topological polar surface area (TPSA) is 111 Å². The van der Waals surface area contributed by atoms with Crippen molar-refractivity contribution in [2.75, 3.05) is 12.9 Å². The van der Waals surface area contributed by atoms with Crippen molar-refractivity contribution in [3.05, 3.63) is 58.5 Å². The van der Waals surface area contributed by atoms with Crippen LogP contribution in [0.3, 0.4) is 0 Å². The third-order valence-electron chi connectivity index (χ3n) is 3.53. The Morgan fingerprint density at radius 3 is 2.72 bits per heavy atom. The molecule has 2 rings (SSSR count). The predicted octanol–water partition coefficient (Wildman–Crippen LogP) is 2.92. The molecule has 1 heterocycles. The molecular weight excluding hydrogens is 346 g/mol. The molecule has 25 heavy (non-hydrogen) atoms. The van der Waals surface area contributed by atoms with Gasteiger partial charge < -0.3 is 9.47 Å². The maximum absolute atomic E-state index is 11.0. The molecule has 3 atom stereocenters. The van der Waals surface area contributed by atoms with Gasteiger partial charge in [0, 0.05) is 4.91 Å². The largest absolute Gasteiger partial charge is 0.345 e. The average molecular weight is 367 g/mol. The number of ether oxygens (including phenoxy) is 2. The van der Waals surface area contributed by atoms with E-state index in [0.29, 0.717) is 19.4 Å².